The minimum Gasteiger partial charge on any atom is -0.368 e. The van der Waals surface area contributed by atoms with Crippen LogP contribution in [0, 0.1) is 0 Å². The van der Waals surface area contributed by atoms with Crippen LogP contribution in [0.2, 0.25) is 0 Å². The Morgan fingerprint density at radius 1 is 1.30 bits per heavy atom. The molecule has 0 radical (unpaired) electrons. The van der Waals surface area contributed by atoms with E-state index in [2.05, 4.69) is 36.5 Å². The Morgan fingerprint density at radius 2 is 2.00 bits per heavy atom. The third kappa shape index (κ3) is 4.79. The van der Waals surface area contributed by atoms with E-state index in [-0.39, 0.29) is 30.4 Å². The predicted octanol–water partition coefficient (Wildman–Crippen LogP) is 1.77. The lowest BCUT2D eigenvalue weighted by molar-refractivity contribution is -0.128. The molecule has 1 saturated heterocycles. The first-order chi connectivity index (χ1) is 11.0. The van der Waals surface area contributed by atoms with E-state index in [1.54, 1.807) is 0 Å². The highest BCUT2D eigenvalue weighted by Gasteiger charge is 2.28. The van der Waals surface area contributed by atoms with Gasteiger partial charge in [0.15, 0.2) is 0 Å². The van der Waals surface area contributed by atoms with Gasteiger partial charge in [-0.1, -0.05) is 37.6 Å². The lowest BCUT2D eigenvalue weighted by Gasteiger charge is -2.33. The van der Waals surface area contributed by atoms with Gasteiger partial charge < -0.3 is 11.1 Å². The fourth-order valence-corrected chi connectivity index (χ4v) is 3.10. The highest BCUT2D eigenvalue weighted by Crippen LogP contribution is 2.17. The average molecular weight is 317 g/mol. The number of benzene rings is 1. The van der Waals surface area contributed by atoms with Gasteiger partial charge in [0.05, 0.1) is 18.6 Å². The van der Waals surface area contributed by atoms with Gasteiger partial charge in [-0.3, -0.25) is 14.5 Å². The number of primary amides is 1. The van der Waals surface area contributed by atoms with E-state index in [1.807, 2.05) is 11.8 Å². The summed E-state index contributed by atoms with van der Waals surface area (Å²) in [6, 6.07) is 7.92. The van der Waals surface area contributed by atoms with Crippen LogP contribution < -0.4 is 11.1 Å². The fourth-order valence-electron chi connectivity index (χ4n) is 3.10. The number of amides is 2. The van der Waals surface area contributed by atoms with Crippen molar-refractivity contribution in [3.05, 3.63) is 35.4 Å². The van der Waals surface area contributed by atoms with Crippen molar-refractivity contribution in [1.29, 1.82) is 0 Å². The molecule has 1 aromatic carbocycles. The van der Waals surface area contributed by atoms with Gasteiger partial charge >= 0.3 is 0 Å². The monoisotopic (exact) mass is 317 g/mol. The van der Waals surface area contributed by atoms with E-state index in [0.717, 1.165) is 37.8 Å². The number of nitrogens with one attached hydrogen (secondary N) is 1. The van der Waals surface area contributed by atoms with E-state index in [9.17, 15) is 9.59 Å². The van der Waals surface area contributed by atoms with Gasteiger partial charge in [-0.05, 0) is 43.9 Å². The molecule has 0 unspecified atom stereocenters. The molecule has 2 rings (SSSR count). The van der Waals surface area contributed by atoms with Gasteiger partial charge in [0.1, 0.15) is 0 Å². The largest absolute Gasteiger partial charge is 0.368 e. The van der Waals surface area contributed by atoms with Crippen molar-refractivity contribution in [2.24, 2.45) is 5.73 Å². The predicted molar refractivity (Wildman–Crippen MR) is 90.8 cm³/mol. The van der Waals surface area contributed by atoms with Crippen molar-refractivity contribution in [2.45, 2.75) is 51.6 Å². The molecule has 5 heteroatoms. The molecule has 126 valence electrons. The summed E-state index contributed by atoms with van der Waals surface area (Å²) in [6.07, 6.45) is 3.75. The van der Waals surface area contributed by atoms with Crippen LogP contribution in [0.25, 0.3) is 0 Å². The van der Waals surface area contributed by atoms with Gasteiger partial charge in [0, 0.05) is 0 Å². The maximum absolute atomic E-state index is 12.3. The summed E-state index contributed by atoms with van der Waals surface area (Å²) < 4.78 is 0. The Morgan fingerprint density at radius 3 is 2.61 bits per heavy atom. The van der Waals surface area contributed by atoms with Gasteiger partial charge in [0.2, 0.25) is 11.8 Å². The third-order valence-electron chi connectivity index (χ3n) is 4.55. The molecule has 2 amide bonds. The third-order valence-corrected chi connectivity index (χ3v) is 4.55. The number of hydrogen-bond donors (Lipinski definition) is 2. The van der Waals surface area contributed by atoms with E-state index in [4.69, 9.17) is 5.73 Å². The number of nitrogens with zero attached hydrogens (tertiary/aromatic N) is 1. The number of rotatable bonds is 6. The van der Waals surface area contributed by atoms with Crippen LogP contribution in [-0.2, 0) is 16.0 Å². The van der Waals surface area contributed by atoms with Crippen molar-refractivity contribution in [3.63, 3.8) is 0 Å². The maximum Gasteiger partial charge on any atom is 0.234 e. The van der Waals surface area contributed by atoms with E-state index >= 15 is 0 Å². The van der Waals surface area contributed by atoms with Gasteiger partial charge in [-0.25, -0.2) is 0 Å². The Hall–Kier alpha value is -1.88. The molecule has 0 bridgehead atoms. The van der Waals surface area contributed by atoms with E-state index in [0.29, 0.717) is 0 Å². The molecule has 0 saturated carbocycles. The molecule has 0 aromatic heterocycles. The van der Waals surface area contributed by atoms with Gasteiger partial charge in [-0.15, -0.1) is 0 Å². The standard InChI is InChI=1S/C18H27N3O2/c1-3-14-7-9-15(10-8-14)13(2)20-17(22)12-21-11-5-4-6-16(21)18(19)23/h7-10,13,16H,3-6,11-12H2,1-2H3,(H2,19,23)(H,20,22)/t13-,16-/m1/s1. The van der Waals surface area contributed by atoms with E-state index < -0.39 is 0 Å². The number of carbonyl (C=O) groups is 2. The maximum atomic E-state index is 12.3. The first kappa shape index (κ1) is 17.5. The average Bonchev–Trinajstić information content (AvgIpc) is 2.55. The molecule has 1 heterocycles. The summed E-state index contributed by atoms with van der Waals surface area (Å²) in [5, 5.41) is 3.01. The van der Waals surface area contributed by atoms with Crippen LogP contribution >= 0.6 is 0 Å². The van der Waals surface area contributed by atoms with Crippen molar-refractivity contribution >= 4 is 11.8 Å². The van der Waals surface area contributed by atoms with Crippen LogP contribution in [0.5, 0.6) is 0 Å². The molecule has 1 aliphatic rings. The molecular formula is C18H27N3O2. The molecule has 1 aliphatic heterocycles. The second-order valence-electron chi connectivity index (χ2n) is 6.27. The summed E-state index contributed by atoms with van der Waals surface area (Å²) in [5.74, 6) is -0.397. The molecule has 2 atom stereocenters. The first-order valence-corrected chi connectivity index (χ1v) is 8.42. The van der Waals surface area contributed by atoms with Crippen molar-refractivity contribution < 1.29 is 9.59 Å². The van der Waals surface area contributed by atoms with Crippen LogP contribution in [0.4, 0.5) is 0 Å². The van der Waals surface area contributed by atoms with Crippen LogP contribution in [0.3, 0.4) is 0 Å². The number of hydrogen-bond acceptors (Lipinski definition) is 3. The number of likely N-dealkylation sites (tertiary alicyclic amines) is 1. The number of piperidine rings is 1. The zero-order valence-corrected chi connectivity index (χ0v) is 14.0. The summed E-state index contributed by atoms with van der Waals surface area (Å²) in [7, 11) is 0. The smallest absolute Gasteiger partial charge is 0.234 e. The highest BCUT2D eigenvalue weighted by atomic mass is 16.2. The number of aryl methyl sites for hydroxylation is 1. The minimum atomic E-state index is -0.333. The van der Waals surface area contributed by atoms with Crippen LogP contribution in [-0.4, -0.2) is 35.8 Å². The number of carbonyl (C=O) groups excluding carboxylic acids is 2. The Kier molecular flexibility index (Phi) is 6.16. The fraction of sp³-hybridized carbons (Fsp3) is 0.556. The quantitative estimate of drug-likeness (QED) is 0.839. The topological polar surface area (TPSA) is 75.4 Å². The summed E-state index contributed by atoms with van der Waals surface area (Å²) in [4.78, 5) is 25.7. The SMILES string of the molecule is CCc1ccc([C@@H](C)NC(=O)CN2CCCC[C@@H]2C(N)=O)cc1. The summed E-state index contributed by atoms with van der Waals surface area (Å²) in [5.41, 5.74) is 7.81. The highest BCUT2D eigenvalue weighted by molar-refractivity contribution is 5.82. The van der Waals surface area contributed by atoms with Crippen molar-refractivity contribution in [2.75, 3.05) is 13.1 Å². The Bertz CT molecular complexity index is 542. The van der Waals surface area contributed by atoms with Crippen molar-refractivity contribution in [1.82, 2.24) is 10.2 Å². The summed E-state index contributed by atoms with van der Waals surface area (Å²) in [6.45, 7) is 5.07. The molecule has 1 fully saturated rings. The second-order valence-corrected chi connectivity index (χ2v) is 6.27. The Labute approximate surface area is 138 Å². The lowest BCUT2D eigenvalue weighted by Crippen LogP contribution is -2.51. The molecule has 5 nitrogen and oxygen atoms in total. The van der Waals surface area contributed by atoms with Gasteiger partial charge in [-0.2, -0.15) is 0 Å². The molecule has 0 spiro atoms. The van der Waals surface area contributed by atoms with Gasteiger partial charge in [0.25, 0.3) is 0 Å². The zero-order chi connectivity index (χ0) is 16.8. The van der Waals surface area contributed by atoms with Crippen LogP contribution in [0.1, 0.15) is 50.3 Å². The number of nitrogens with two attached hydrogens (primary N) is 1. The Balaban J connectivity index is 1.91. The molecule has 1 aromatic rings. The normalized spacial score (nSPS) is 20.0. The molecule has 0 aliphatic carbocycles. The zero-order valence-electron chi connectivity index (χ0n) is 14.0. The second kappa shape index (κ2) is 8.11. The van der Waals surface area contributed by atoms with Crippen molar-refractivity contribution in [3.8, 4) is 0 Å². The lowest BCUT2D eigenvalue weighted by atomic mass is 10.0. The first-order valence-electron chi connectivity index (χ1n) is 8.42. The van der Waals surface area contributed by atoms with Crippen LogP contribution in [0.15, 0.2) is 24.3 Å². The minimum absolute atomic E-state index is 0.0507. The van der Waals surface area contributed by atoms with E-state index in [1.165, 1.54) is 5.56 Å². The molecule has 3 N–H and O–H groups in total. The molecular weight excluding hydrogens is 290 g/mol. The molecule has 23 heavy (non-hydrogen) atoms. The summed E-state index contributed by atoms with van der Waals surface area (Å²) >= 11 is 0.